The molecule has 7 nitrogen and oxygen atoms in total. The highest BCUT2D eigenvalue weighted by Gasteiger charge is 2.18. The van der Waals surface area contributed by atoms with E-state index >= 15 is 0 Å². The Morgan fingerprint density at radius 2 is 1.88 bits per heavy atom. The van der Waals surface area contributed by atoms with Crippen molar-refractivity contribution in [1.82, 2.24) is 18.7 Å². The van der Waals surface area contributed by atoms with E-state index in [-0.39, 0.29) is 11.2 Å². The Morgan fingerprint density at radius 3 is 2.56 bits per heavy atom. The number of imidazole rings is 1. The van der Waals surface area contributed by atoms with Crippen molar-refractivity contribution >= 4 is 17.1 Å². The van der Waals surface area contributed by atoms with Crippen LogP contribution in [0, 0.1) is 0 Å². The van der Waals surface area contributed by atoms with Crippen molar-refractivity contribution in [2.24, 2.45) is 14.1 Å². The van der Waals surface area contributed by atoms with Gasteiger partial charge in [0.05, 0.1) is 0 Å². The normalized spacial score (nSPS) is 11.0. The second-order valence-corrected chi connectivity index (χ2v) is 5.87. The Hall–Kier alpha value is -3.09. The van der Waals surface area contributed by atoms with Crippen LogP contribution in [0.15, 0.2) is 52.6 Å². The molecule has 0 amide bonds. The van der Waals surface area contributed by atoms with E-state index < -0.39 is 0 Å². The van der Waals surface area contributed by atoms with Gasteiger partial charge in [0, 0.05) is 27.2 Å². The molecule has 0 saturated carbocycles. The zero-order valence-electron chi connectivity index (χ0n) is 14.4. The number of nitrogens with zero attached hydrogens (tertiary/aromatic N) is 4. The van der Waals surface area contributed by atoms with Gasteiger partial charge in [0.15, 0.2) is 11.2 Å². The van der Waals surface area contributed by atoms with Crippen LogP contribution < -0.4 is 16.6 Å². The lowest BCUT2D eigenvalue weighted by atomic mass is 10.1. The number of aromatic nitrogens is 4. The Balaban J connectivity index is 2.14. The van der Waals surface area contributed by atoms with Crippen LogP contribution in [-0.4, -0.2) is 25.2 Å². The van der Waals surface area contributed by atoms with Crippen molar-refractivity contribution in [3.05, 3.63) is 69.4 Å². The van der Waals surface area contributed by atoms with Crippen LogP contribution in [0.3, 0.4) is 0 Å². The second-order valence-electron chi connectivity index (χ2n) is 5.87. The first-order chi connectivity index (χ1) is 12.0. The number of hydrogen-bond acceptors (Lipinski definition) is 4. The van der Waals surface area contributed by atoms with Crippen LogP contribution in [0.5, 0.6) is 0 Å². The van der Waals surface area contributed by atoms with E-state index in [1.165, 1.54) is 17.2 Å². The molecule has 0 spiro atoms. The summed E-state index contributed by atoms with van der Waals surface area (Å²) in [6.45, 7) is 4.79. The molecule has 1 N–H and O–H groups in total. The van der Waals surface area contributed by atoms with E-state index in [0.29, 0.717) is 30.2 Å². The molecule has 0 radical (unpaired) electrons. The lowest BCUT2D eigenvalue weighted by molar-refractivity contribution is 0.687. The van der Waals surface area contributed by atoms with Crippen molar-refractivity contribution < 1.29 is 0 Å². The minimum atomic E-state index is -0.388. The quantitative estimate of drug-likeness (QED) is 0.687. The van der Waals surface area contributed by atoms with Gasteiger partial charge in [-0.05, 0) is 12.0 Å². The molecular weight excluding hydrogens is 318 g/mol. The summed E-state index contributed by atoms with van der Waals surface area (Å²) < 4.78 is 4.35. The number of nitrogens with one attached hydrogen (secondary N) is 1. The fourth-order valence-electron chi connectivity index (χ4n) is 2.85. The Morgan fingerprint density at radius 1 is 1.16 bits per heavy atom. The van der Waals surface area contributed by atoms with Gasteiger partial charge in [-0.1, -0.05) is 36.4 Å². The SMILES string of the molecule is C=CCNc1nc2c(c(=O)n(C)c(=O)n2C)n1CCc1ccccc1. The number of rotatable bonds is 6. The van der Waals surface area contributed by atoms with Gasteiger partial charge in [0.2, 0.25) is 5.95 Å². The molecule has 0 unspecified atom stereocenters. The molecule has 3 aromatic rings. The first-order valence-corrected chi connectivity index (χ1v) is 8.09. The van der Waals surface area contributed by atoms with Gasteiger partial charge < -0.3 is 9.88 Å². The molecule has 0 bridgehead atoms. The smallest absolute Gasteiger partial charge is 0.332 e. The van der Waals surface area contributed by atoms with Crippen LogP contribution in [0.25, 0.3) is 11.2 Å². The molecule has 0 aliphatic heterocycles. The summed E-state index contributed by atoms with van der Waals surface area (Å²) in [7, 11) is 3.10. The second kappa shape index (κ2) is 6.80. The van der Waals surface area contributed by atoms with Gasteiger partial charge in [-0.15, -0.1) is 6.58 Å². The van der Waals surface area contributed by atoms with Crippen LogP contribution >= 0.6 is 0 Å². The van der Waals surface area contributed by atoms with E-state index in [1.54, 1.807) is 13.1 Å². The van der Waals surface area contributed by atoms with Crippen molar-refractivity contribution in [1.29, 1.82) is 0 Å². The van der Waals surface area contributed by atoms with E-state index in [1.807, 2.05) is 34.9 Å². The third kappa shape index (κ3) is 3.00. The molecule has 2 heterocycles. The molecule has 0 saturated heterocycles. The monoisotopic (exact) mass is 339 g/mol. The highest BCUT2D eigenvalue weighted by Crippen LogP contribution is 2.16. The molecule has 3 rings (SSSR count). The summed E-state index contributed by atoms with van der Waals surface area (Å²) in [6, 6.07) is 10.0. The lowest BCUT2D eigenvalue weighted by Gasteiger charge is -2.10. The van der Waals surface area contributed by atoms with Gasteiger partial charge in [-0.2, -0.15) is 4.98 Å². The predicted molar refractivity (Wildman–Crippen MR) is 99.0 cm³/mol. The number of anilines is 1. The summed E-state index contributed by atoms with van der Waals surface area (Å²) in [5.41, 5.74) is 1.24. The summed E-state index contributed by atoms with van der Waals surface area (Å²) in [5, 5.41) is 3.15. The van der Waals surface area contributed by atoms with Crippen LogP contribution in [0.1, 0.15) is 5.56 Å². The average molecular weight is 339 g/mol. The Labute approximate surface area is 144 Å². The van der Waals surface area contributed by atoms with Crippen molar-refractivity contribution in [2.75, 3.05) is 11.9 Å². The molecule has 25 heavy (non-hydrogen) atoms. The van der Waals surface area contributed by atoms with E-state index in [4.69, 9.17) is 0 Å². The minimum absolute atomic E-state index is 0.342. The standard InChI is InChI=1S/C18H21N5O2/c1-4-11-19-17-20-15-14(16(24)22(3)18(25)21(15)2)23(17)12-10-13-8-6-5-7-9-13/h4-9H,1,10-12H2,2-3H3,(H,19,20). The topological polar surface area (TPSA) is 73.8 Å². The fourth-order valence-corrected chi connectivity index (χ4v) is 2.85. The third-order valence-electron chi connectivity index (χ3n) is 4.22. The van der Waals surface area contributed by atoms with E-state index in [9.17, 15) is 9.59 Å². The summed E-state index contributed by atoms with van der Waals surface area (Å²) in [5.74, 6) is 0.559. The zero-order valence-corrected chi connectivity index (χ0v) is 14.4. The van der Waals surface area contributed by atoms with E-state index in [0.717, 1.165) is 11.0 Å². The largest absolute Gasteiger partial charge is 0.352 e. The molecule has 1 aromatic carbocycles. The Kier molecular flexibility index (Phi) is 4.56. The number of hydrogen-bond donors (Lipinski definition) is 1. The maximum Gasteiger partial charge on any atom is 0.332 e. The van der Waals surface area contributed by atoms with Crippen molar-refractivity contribution in [2.45, 2.75) is 13.0 Å². The van der Waals surface area contributed by atoms with E-state index in [2.05, 4.69) is 16.9 Å². The molecule has 130 valence electrons. The van der Waals surface area contributed by atoms with Crippen LogP contribution in [-0.2, 0) is 27.1 Å². The highest BCUT2D eigenvalue weighted by atomic mass is 16.2. The van der Waals surface area contributed by atoms with Gasteiger partial charge in [-0.3, -0.25) is 13.9 Å². The Bertz CT molecular complexity index is 1030. The number of benzene rings is 1. The first kappa shape index (κ1) is 16.8. The predicted octanol–water partition coefficient (Wildman–Crippen LogP) is 1.27. The molecule has 0 aliphatic rings. The van der Waals surface area contributed by atoms with Crippen molar-refractivity contribution in [3.63, 3.8) is 0 Å². The molecule has 0 atom stereocenters. The molecule has 0 fully saturated rings. The minimum Gasteiger partial charge on any atom is -0.352 e. The number of aryl methyl sites for hydroxylation is 3. The average Bonchev–Trinajstić information content (AvgIpc) is 3.00. The molecular formula is C18H21N5O2. The molecule has 0 aliphatic carbocycles. The fraction of sp³-hybridized carbons (Fsp3) is 0.278. The van der Waals surface area contributed by atoms with Crippen molar-refractivity contribution in [3.8, 4) is 0 Å². The summed E-state index contributed by atoms with van der Waals surface area (Å²) in [6.07, 6.45) is 2.47. The maximum atomic E-state index is 12.7. The first-order valence-electron chi connectivity index (χ1n) is 8.09. The van der Waals surface area contributed by atoms with Gasteiger partial charge in [-0.25, -0.2) is 4.79 Å². The molecule has 2 aromatic heterocycles. The van der Waals surface area contributed by atoms with Gasteiger partial charge in [0.1, 0.15) is 0 Å². The molecule has 7 heteroatoms. The summed E-state index contributed by atoms with van der Waals surface area (Å²) in [4.78, 5) is 29.3. The zero-order chi connectivity index (χ0) is 18.0. The van der Waals surface area contributed by atoms with Gasteiger partial charge >= 0.3 is 5.69 Å². The highest BCUT2D eigenvalue weighted by molar-refractivity contribution is 5.74. The van der Waals surface area contributed by atoms with Crippen LogP contribution in [0.4, 0.5) is 5.95 Å². The lowest BCUT2D eigenvalue weighted by Crippen LogP contribution is -2.37. The summed E-state index contributed by atoms with van der Waals surface area (Å²) >= 11 is 0. The van der Waals surface area contributed by atoms with Crippen LogP contribution in [0.2, 0.25) is 0 Å². The maximum absolute atomic E-state index is 12.7. The van der Waals surface area contributed by atoms with Gasteiger partial charge in [0.25, 0.3) is 5.56 Å². The number of fused-ring (bicyclic) bond motifs is 1. The third-order valence-corrected chi connectivity index (χ3v) is 4.22.